The standard InChI is InChI=1S/C16H15BrN2O6S/c17-12-5-4-9(25-12)7-11-14(21)19(16(24)26-11)8-13(20)18-6-2-1-3-10(18)15(22)23/h4-5,7,10H,1-3,6,8H2,(H,22,23). The van der Waals surface area contributed by atoms with Gasteiger partial charge in [0, 0.05) is 12.6 Å². The second-order valence-electron chi connectivity index (χ2n) is 5.85. The number of hydrogen-bond donors (Lipinski definition) is 1. The number of furan rings is 1. The van der Waals surface area contributed by atoms with Crippen LogP contribution < -0.4 is 0 Å². The summed E-state index contributed by atoms with van der Waals surface area (Å²) in [6.45, 7) is -0.157. The van der Waals surface area contributed by atoms with Gasteiger partial charge in [-0.05, 0) is 59.1 Å². The van der Waals surface area contributed by atoms with Crippen molar-refractivity contribution in [2.75, 3.05) is 13.1 Å². The number of carboxylic acid groups (broad SMARTS) is 1. The molecule has 26 heavy (non-hydrogen) atoms. The molecule has 3 rings (SSSR count). The lowest BCUT2D eigenvalue weighted by Crippen LogP contribution is -2.51. The van der Waals surface area contributed by atoms with E-state index in [-0.39, 0.29) is 4.91 Å². The fourth-order valence-electron chi connectivity index (χ4n) is 2.88. The quantitative estimate of drug-likeness (QED) is 0.713. The average molecular weight is 443 g/mol. The van der Waals surface area contributed by atoms with Gasteiger partial charge in [-0.2, -0.15) is 0 Å². The van der Waals surface area contributed by atoms with Gasteiger partial charge in [-0.15, -0.1) is 0 Å². The van der Waals surface area contributed by atoms with Gasteiger partial charge >= 0.3 is 5.97 Å². The van der Waals surface area contributed by atoms with Crippen molar-refractivity contribution in [3.05, 3.63) is 27.5 Å². The lowest BCUT2D eigenvalue weighted by atomic mass is 10.0. The predicted molar refractivity (Wildman–Crippen MR) is 96.1 cm³/mol. The van der Waals surface area contributed by atoms with E-state index in [9.17, 15) is 24.3 Å². The second kappa shape index (κ2) is 7.67. The third-order valence-corrected chi connectivity index (χ3v) is 5.48. The van der Waals surface area contributed by atoms with Crippen molar-refractivity contribution in [2.45, 2.75) is 25.3 Å². The smallest absolute Gasteiger partial charge is 0.326 e. The molecule has 138 valence electrons. The molecule has 1 atom stereocenters. The first kappa shape index (κ1) is 18.7. The summed E-state index contributed by atoms with van der Waals surface area (Å²) < 4.78 is 5.77. The third kappa shape index (κ3) is 3.85. The zero-order chi connectivity index (χ0) is 18.8. The van der Waals surface area contributed by atoms with Gasteiger partial charge < -0.3 is 14.4 Å². The van der Waals surface area contributed by atoms with E-state index in [2.05, 4.69) is 15.9 Å². The number of likely N-dealkylation sites (tertiary alicyclic amines) is 1. The van der Waals surface area contributed by atoms with Crippen LogP contribution in [0.15, 0.2) is 26.1 Å². The molecule has 1 aromatic rings. The van der Waals surface area contributed by atoms with Crippen molar-refractivity contribution in [3.63, 3.8) is 0 Å². The van der Waals surface area contributed by atoms with Gasteiger partial charge in [0.15, 0.2) is 4.67 Å². The zero-order valence-corrected chi connectivity index (χ0v) is 15.9. The fourth-order valence-corrected chi connectivity index (χ4v) is 4.02. The molecular formula is C16H15BrN2O6S. The highest BCUT2D eigenvalue weighted by molar-refractivity contribution is 9.10. The van der Waals surface area contributed by atoms with E-state index in [0.717, 1.165) is 23.1 Å². The Labute approximate surface area is 161 Å². The number of imide groups is 1. The number of hydrogen-bond acceptors (Lipinski definition) is 6. The van der Waals surface area contributed by atoms with Crippen LogP contribution in [0.1, 0.15) is 25.0 Å². The van der Waals surface area contributed by atoms with Crippen LogP contribution in [0.2, 0.25) is 0 Å². The first-order chi connectivity index (χ1) is 12.4. The van der Waals surface area contributed by atoms with Gasteiger partial charge in [0.25, 0.3) is 11.1 Å². The van der Waals surface area contributed by atoms with Crippen LogP contribution in [0.4, 0.5) is 4.79 Å². The minimum atomic E-state index is -1.07. The Morgan fingerprint density at radius 2 is 2.12 bits per heavy atom. The van der Waals surface area contributed by atoms with Crippen molar-refractivity contribution in [2.24, 2.45) is 0 Å². The number of carbonyl (C=O) groups is 4. The summed E-state index contributed by atoms with van der Waals surface area (Å²) >= 11 is 3.87. The first-order valence-electron chi connectivity index (χ1n) is 7.90. The Bertz CT molecular complexity index is 804. The van der Waals surface area contributed by atoms with E-state index in [1.165, 1.54) is 11.0 Å². The van der Waals surface area contributed by atoms with Crippen molar-refractivity contribution in [1.82, 2.24) is 9.80 Å². The molecule has 2 aliphatic rings. The van der Waals surface area contributed by atoms with E-state index in [1.807, 2.05) is 0 Å². The van der Waals surface area contributed by atoms with Crippen LogP contribution in [0.25, 0.3) is 6.08 Å². The van der Waals surface area contributed by atoms with Gasteiger partial charge in [-0.3, -0.25) is 19.3 Å². The molecule has 8 nitrogen and oxygen atoms in total. The molecule has 3 heterocycles. The third-order valence-electron chi connectivity index (χ3n) is 4.14. The fraction of sp³-hybridized carbons (Fsp3) is 0.375. The molecule has 0 bridgehead atoms. The molecule has 0 aromatic carbocycles. The van der Waals surface area contributed by atoms with Crippen LogP contribution in [0.3, 0.4) is 0 Å². The summed E-state index contributed by atoms with van der Waals surface area (Å²) in [5, 5.41) is 8.70. The van der Waals surface area contributed by atoms with Gasteiger partial charge in [0.2, 0.25) is 5.91 Å². The minimum Gasteiger partial charge on any atom is -0.480 e. The molecule has 1 unspecified atom stereocenters. The molecule has 10 heteroatoms. The first-order valence-corrected chi connectivity index (χ1v) is 9.51. The molecule has 2 fully saturated rings. The summed E-state index contributed by atoms with van der Waals surface area (Å²) in [4.78, 5) is 50.6. The molecule has 0 aliphatic carbocycles. The maximum absolute atomic E-state index is 12.5. The Hall–Kier alpha value is -2.07. The molecule has 0 radical (unpaired) electrons. The molecule has 1 aromatic heterocycles. The van der Waals surface area contributed by atoms with Crippen LogP contribution in [-0.4, -0.2) is 57.1 Å². The average Bonchev–Trinajstić information content (AvgIpc) is 3.13. The Kier molecular flexibility index (Phi) is 5.52. The zero-order valence-electron chi connectivity index (χ0n) is 13.5. The summed E-state index contributed by atoms with van der Waals surface area (Å²) in [5.41, 5.74) is 0. The molecule has 1 N–H and O–H groups in total. The summed E-state index contributed by atoms with van der Waals surface area (Å²) in [6, 6.07) is 2.38. The molecule has 0 spiro atoms. The van der Waals surface area contributed by atoms with Crippen molar-refractivity contribution < 1.29 is 28.7 Å². The highest BCUT2D eigenvalue weighted by Crippen LogP contribution is 2.33. The Balaban J connectivity index is 1.72. The summed E-state index contributed by atoms with van der Waals surface area (Å²) in [7, 11) is 0. The van der Waals surface area contributed by atoms with Gasteiger partial charge in [0.1, 0.15) is 18.3 Å². The molecule has 0 saturated carbocycles. The number of amides is 3. The Morgan fingerprint density at radius 3 is 2.77 bits per heavy atom. The topological polar surface area (TPSA) is 108 Å². The molecule has 2 saturated heterocycles. The SMILES string of the molecule is O=C(O)C1CCCCN1C(=O)CN1C(=O)SC(=Cc2ccc(Br)o2)C1=O. The second-order valence-corrected chi connectivity index (χ2v) is 7.62. The van der Waals surface area contributed by atoms with Crippen LogP contribution in [0, 0.1) is 0 Å². The Morgan fingerprint density at radius 1 is 1.35 bits per heavy atom. The molecule has 2 aliphatic heterocycles. The van der Waals surface area contributed by atoms with E-state index >= 15 is 0 Å². The molecular weight excluding hydrogens is 428 g/mol. The lowest BCUT2D eigenvalue weighted by molar-refractivity contribution is -0.152. The van der Waals surface area contributed by atoms with E-state index in [4.69, 9.17) is 4.42 Å². The maximum atomic E-state index is 12.5. The number of thioether (sulfide) groups is 1. The normalized spacial score (nSPS) is 22.3. The maximum Gasteiger partial charge on any atom is 0.326 e. The van der Waals surface area contributed by atoms with Gasteiger partial charge in [0.05, 0.1) is 4.91 Å². The monoisotopic (exact) mass is 442 g/mol. The number of nitrogens with zero attached hydrogens (tertiary/aromatic N) is 2. The predicted octanol–water partition coefficient (Wildman–Crippen LogP) is 2.54. The summed E-state index contributed by atoms with van der Waals surface area (Å²) in [6.07, 6.45) is 3.23. The lowest BCUT2D eigenvalue weighted by Gasteiger charge is -2.33. The largest absolute Gasteiger partial charge is 0.480 e. The van der Waals surface area contributed by atoms with Crippen LogP contribution >= 0.6 is 27.7 Å². The van der Waals surface area contributed by atoms with Gasteiger partial charge in [-0.25, -0.2) is 4.79 Å². The molecule has 3 amide bonds. The number of carboxylic acids is 1. The minimum absolute atomic E-state index is 0.151. The van der Waals surface area contributed by atoms with Crippen molar-refractivity contribution >= 4 is 56.8 Å². The van der Waals surface area contributed by atoms with Crippen molar-refractivity contribution in [1.29, 1.82) is 0 Å². The van der Waals surface area contributed by atoms with Crippen LogP contribution in [0.5, 0.6) is 0 Å². The number of aliphatic carboxylic acids is 1. The summed E-state index contributed by atoms with van der Waals surface area (Å²) in [5.74, 6) is -1.81. The van der Waals surface area contributed by atoms with E-state index in [1.54, 1.807) is 12.1 Å². The van der Waals surface area contributed by atoms with Crippen LogP contribution in [-0.2, 0) is 14.4 Å². The highest BCUT2D eigenvalue weighted by atomic mass is 79.9. The number of piperidine rings is 1. The number of halogens is 1. The van der Waals surface area contributed by atoms with Crippen molar-refractivity contribution in [3.8, 4) is 0 Å². The van der Waals surface area contributed by atoms with E-state index in [0.29, 0.717) is 29.8 Å². The van der Waals surface area contributed by atoms with Gasteiger partial charge in [-0.1, -0.05) is 0 Å². The number of carbonyl (C=O) groups excluding carboxylic acids is 3. The van der Waals surface area contributed by atoms with E-state index < -0.39 is 35.6 Å². The highest BCUT2D eigenvalue weighted by Gasteiger charge is 2.39. The number of rotatable bonds is 4.